The molecule has 35 heavy (non-hydrogen) atoms. The maximum absolute atomic E-state index is 12.7. The number of hydrogen-bond donors (Lipinski definition) is 1. The highest BCUT2D eigenvalue weighted by Crippen LogP contribution is 2.50. The van der Waals surface area contributed by atoms with Crippen LogP contribution in [0, 0.1) is 0 Å². The van der Waals surface area contributed by atoms with E-state index in [1.54, 1.807) is 14.2 Å². The number of carboxylic acid groups (broad SMARTS) is 1. The van der Waals surface area contributed by atoms with Gasteiger partial charge in [-0.3, -0.25) is 14.5 Å². The van der Waals surface area contributed by atoms with Gasteiger partial charge < -0.3 is 24.1 Å². The zero-order chi connectivity index (χ0) is 25.2. The number of pyridine rings is 1. The number of rotatable bonds is 11. The monoisotopic (exact) mass is 486 g/mol. The first-order valence-electron chi connectivity index (χ1n) is 12.0. The molecule has 9 nitrogen and oxygen atoms in total. The van der Waals surface area contributed by atoms with Crippen LogP contribution in [0.2, 0.25) is 0 Å². The predicted octanol–water partition coefficient (Wildman–Crippen LogP) is 3.61. The Morgan fingerprint density at radius 2 is 1.66 bits per heavy atom. The molecule has 3 heterocycles. The Morgan fingerprint density at radius 1 is 1.03 bits per heavy atom. The third-order valence-corrected chi connectivity index (χ3v) is 6.69. The van der Waals surface area contributed by atoms with E-state index in [1.165, 1.54) is 12.3 Å². The lowest BCUT2D eigenvalue weighted by Crippen LogP contribution is -2.50. The second-order valence-corrected chi connectivity index (χ2v) is 9.57. The number of nitrogens with zero attached hydrogens (tertiary/aromatic N) is 2. The normalized spacial score (nSPS) is 17.5. The highest BCUT2D eigenvalue weighted by molar-refractivity contribution is 5.88. The fourth-order valence-electron chi connectivity index (χ4n) is 5.01. The Morgan fingerprint density at radius 3 is 2.26 bits per heavy atom. The van der Waals surface area contributed by atoms with Gasteiger partial charge in [0.1, 0.15) is 5.56 Å². The maximum atomic E-state index is 12.7. The van der Waals surface area contributed by atoms with Crippen molar-refractivity contribution in [2.75, 3.05) is 45.7 Å². The van der Waals surface area contributed by atoms with Gasteiger partial charge in [0.2, 0.25) is 0 Å². The third kappa shape index (κ3) is 4.88. The minimum absolute atomic E-state index is 0.0144. The molecule has 4 rings (SSSR count). The van der Waals surface area contributed by atoms with Crippen molar-refractivity contribution in [2.24, 2.45) is 0 Å². The van der Waals surface area contributed by atoms with Crippen LogP contribution in [0.4, 0.5) is 0 Å². The molecular weight excluding hydrogens is 452 g/mol. The fraction of sp³-hybridized carbons (Fsp3) is 0.538. The fourth-order valence-corrected chi connectivity index (χ4v) is 5.01. The minimum atomic E-state index is -1.23. The van der Waals surface area contributed by atoms with Gasteiger partial charge in [-0.15, -0.1) is 0 Å². The second-order valence-electron chi connectivity index (χ2n) is 9.57. The maximum Gasteiger partial charge on any atom is 0.341 e. The van der Waals surface area contributed by atoms with Crippen LogP contribution < -0.4 is 19.9 Å². The van der Waals surface area contributed by atoms with Crippen molar-refractivity contribution < 1.29 is 28.8 Å². The topological polar surface area (TPSA) is 99.5 Å². The van der Waals surface area contributed by atoms with Gasteiger partial charge in [0.15, 0.2) is 16.9 Å². The van der Waals surface area contributed by atoms with Crippen LogP contribution in [0.15, 0.2) is 29.2 Å². The molecule has 0 saturated carbocycles. The van der Waals surface area contributed by atoms with Gasteiger partial charge in [0.25, 0.3) is 0 Å². The van der Waals surface area contributed by atoms with E-state index in [9.17, 15) is 14.7 Å². The van der Waals surface area contributed by atoms with Crippen molar-refractivity contribution in [1.82, 2.24) is 4.68 Å². The summed E-state index contributed by atoms with van der Waals surface area (Å²) in [6.45, 7) is 6.39. The molecule has 1 N–H and O–H groups in total. The number of fused-ring (bicyclic) bond motifs is 6. The molecule has 0 bridgehead atoms. The van der Waals surface area contributed by atoms with Gasteiger partial charge in [-0.1, -0.05) is 0 Å². The Labute approximate surface area is 205 Å². The summed E-state index contributed by atoms with van der Waals surface area (Å²) in [7, 11) is 3.31. The first kappa shape index (κ1) is 25.1. The molecule has 2 aromatic rings. The molecule has 0 spiro atoms. The summed E-state index contributed by atoms with van der Waals surface area (Å²) in [5.74, 6) is 0.00999. The van der Waals surface area contributed by atoms with Crippen LogP contribution in [0.1, 0.15) is 61.5 Å². The molecule has 2 aliphatic rings. The van der Waals surface area contributed by atoms with Crippen molar-refractivity contribution >= 4 is 5.97 Å². The summed E-state index contributed by atoms with van der Waals surface area (Å²) >= 11 is 0. The quantitative estimate of drug-likeness (QED) is 0.481. The molecule has 1 aromatic carbocycles. The Bertz CT molecular complexity index is 1140. The number of ether oxygens (including phenoxy) is 4. The van der Waals surface area contributed by atoms with E-state index in [0.717, 1.165) is 36.8 Å². The largest absolute Gasteiger partial charge is 0.490 e. The molecule has 0 amide bonds. The SMILES string of the molecule is COCCCOc1cc2c(cc1OCCCOC)[C@H]1CCC(C)(C)N1n1cc(C(=O)O)c(=O)cc1-2. The van der Waals surface area contributed by atoms with E-state index in [-0.39, 0.29) is 17.1 Å². The lowest BCUT2D eigenvalue weighted by atomic mass is 9.93. The van der Waals surface area contributed by atoms with Gasteiger partial charge >= 0.3 is 5.97 Å². The average Bonchev–Trinajstić information content (AvgIpc) is 3.14. The highest BCUT2D eigenvalue weighted by atomic mass is 16.5. The van der Waals surface area contributed by atoms with Crippen LogP contribution in [-0.4, -0.2) is 61.9 Å². The number of methoxy groups -OCH3 is 2. The zero-order valence-electron chi connectivity index (χ0n) is 20.8. The zero-order valence-corrected chi connectivity index (χ0v) is 20.8. The molecule has 1 atom stereocenters. The van der Waals surface area contributed by atoms with E-state index in [0.29, 0.717) is 43.6 Å². The average molecular weight is 487 g/mol. The summed E-state index contributed by atoms with van der Waals surface area (Å²) in [6.07, 6.45) is 4.74. The molecule has 9 heteroatoms. The molecule has 190 valence electrons. The van der Waals surface area contributed by atoms with Crippen LogP contribution in [-0.2, 0) is 9.47 Å². The molecule has 2 aliphatic heterocycles. The van der Waals surface area contributed by atoms with E-state index < -0.39 is 11.4 Å². The number of carbonyl (C=O) groups is 1. The van der Waals surface area contributed by atoms with E-state index in [2.05, 4.69) is 18.9 Å². The summed E-state index contributed by atoms with van der Waals surface area (Å²) in [5, 5.41) is 11.8. The second kappa shape index (κ2) is 10.3. The lowest BCUT2D eigenvalue weighted by molar-refractivity contribution is 0.0694. The van der Waals surface area contributed by atoms with Gasteiger partial charge in [-0.05, 0) is 44.4 Å². The van der Waals surface area contributed by atoms with Crippen molar-refractivity contribution in [3.63, 3.8) is 0 Å². The van der Waals surface area contributed by atoms with Gasteiger partial charge in [0.05, 0.1) is 30.5 Å². The number of carboxylic acids is 1. The molecule has 1 aromatic heterocycles. The summed E-state index contributed by atoms with van der Waals surface area (Å²) in [5.41, 5.74) is 1.55. The van der Waals surface area contributed by atoms with Crippen LogP contribution in [0.3, 0.4) is 0 Å². The standard InChI is InChI=1S/C26H34N2O7/c1-26(2)8-7-20-17-13-23(34-11-5-9-32-3)24(35-12-6-10-33-4)14-18(17)21-15-22(29)19(25(30)31)16-27(21)28(20)26/h13-16,20H,5-12H2,1-4H3,(H,30,31)/t20-/m1/s1. The van der Waals surface area contributed by atoms with Crippen LogP contribution in [0.5, 0.6) is 11.5 Å². The molecule has 0 radical (unpaired) electrons. The third-order valence-electron chi connectivity index (χ3n) is 6.69. The smallest absolute Gasteiger partial charge is 0.341 e. The molecule has 1 fully saturated rings. The van der Waals surface area contributed by atoms with E-state index in [4.69, 9.17) is 18.9 Å². The number of aromatic carboxylic acids is 1. The molecule has 1 saturated heterocycles. The van der Waals surface area contributed by atoms with Crippen molar-refractivity contribution in [3.05, 3.63) is 45.7 Å². The lowest BCUT2D eigenvalue weighted by Gasteiger charge is -2.44. The summed E-state index contributed by atoms with van der Waals surface area (Å²) in [4.78, 5) is 24.4. The number of benzene rings is 1. The Kier molecular flexibility index (Phi) is 7.37. The van der Waals surface area contributed by atoms with Crippen molar-refractivity contribution in [3.8, 4) is 22.8 Å². The van der Waals surface area contributed by atoms with Crippen LogP contribution in [0.25, 0.3) is 11.3 Å². The molecular formula is C26H34N2O7. The number of aromatic nitrogens is 1. The van der Waals surface area contributed by atoms with Gasteiger partial charge in [-0.25, -0.2) is 4.79 Å². The molecule has 0 aliphatic carbocycles. The summed E-state index contributed by atoms with van der Waals surface area (Å²) < 4.78 is 24.3. The first-order chi connectivity index (χ1) is 16.8. The predicted molar refractivity (Wildman–Crippen MR) is 131 cm³/mol. The van der Waals surface area contributed by atoms with Crippen molar-refractivity contribution in [2.45, 2.75) is 51.1 Å². The van der Waals surface area contributed by atoms with E-state index >= 15 is 0 Å². The Hall–Kier alpha value is -3.04. The highest BCUT2D eigenvalue weighted by Gasteiger charge is 2.45. The number of hydrogen-bond acceptors (Lipinski definition) is 7. The Balaban J connectivity index is 1.83. The van der Waals surface area contributed by atoms with Crippen molar-refractivity contribution in [1.29, 1.82) is 0 Å². The summed E-state index contributed by atoms with van der Waals surface area (Å²) in [6, 6.07) is 5.37. The van der Waals surface area contributed by atoms with Gasteiger partial charge in [-0.2, -0.15) is 0 Å². The van der Waals surface area contributed by atoms with Crippen LogP contribution >= 0.6 is 0 Å². The minimum Gasteiger partial charge on any atom is -0.490 e. The van der Waals surface area contributed by atoms with E-state index in [1.807, 2.05) is 16.8 Å². The van der Waals surface area contributed by atoms with Gasteiger partial charge in [0, 0.05) is 58.1 Å². The first-order valence-corrected chi connectivity index (χ1v) is 12.0. The molecule has 0 unspecified atom stereocenters.